The van der Waals surface area contributed by atoms with Gasteiger partial charge in [0.25, 0.3) is 0 Å². The molecule has 0 aliphatic carbocycles. The predicted octanol–water partition coefficient (Wildman–Crippen LogP) is 4.60. The fraction of sp³-hybridized carbons (Fsp3) is 0.588. The standard InChI is InChI=1S/C17H30N2OSi/c1-14(18-19-21(6,7)17(2,3)4)11-12-15-9-8-10-16(13-15)20-5/h8-10,13,19H,11-12H2,1-7H3/b18-14+. The van der Waals surface area contributed by atoms with Gasteiger partial charge in [0.2, 0.25) is 0 Å². The lowest BCUT2D eigenvalue weighted by Gasteiger charge is -2.35. The van der Waals surface area contributed by atoms with E-state index in [0.29, 0.717) is 5.04 Å². The van der Waals surface area contributed by atoms with Gasteiger partial charge in [0.1, 0.15) is 5.75 Å². The number of hydrazone groups is 1. The van der Waals surface area contributed by atoms with Gasteiger partial charge in [-0.05, 0) is 55.6 Å². The molecular weight excluding hydrogens is 276 g/mol. The molecule has 0 bridgehead atoms. The third-order valence-corrected chi connectivity index (χ3v) is 8.73. The number of rotatable bonds is 6. The minimum Gasteiger partial charge on any atom is -0.497 e. The second-order valence-corrected chi connectivity index (χ2v) is 12.2. The predicted molar refractivity (Wildman–Crippen MR) is 94.8 cm³/mol. The summed E-state index contributed by atoms with van der Waals surface area (Å²) in [5.41, 5.74) is 2.44. The van der Waals surface area contributed by atoms with Crippen LogP contribution < -0.4 is 9.83 Å². The molecule has 3 nitrogen and oxygen atoms in total. The minimum absolute atomic E-state index is 0.295. The quantitative estimate of drug-likeness (QED) is 0.473. The first-order valence-electron chi connectivity index (χ1n) is 7.59. The van der Waals surface area contributed by atoms with Gasteiger partial charge in [0.15, 0.2) is 8.24 Å². The highest BCUT2D eigenvalue weighted by Crippen LogP contribution is 2.33. The van der Waals surface area contributed by atoms with E-state index in [9.17, 15) is 0 Å². The van der Waals surface area contributed by atoms with Crippen LogP contribution in [-0.4, -0.2) is 21.1 Å². The summed E-state index contributed by atoms with van der Waals surface area (Å²) in [4.78, 5) is 0. The number of aryl methyl sites for hydroxylation is 1. The first-order chi connectivity index (χ1) is 9.65. The largest absolute Gasteiger partial charge is 0.497 e. The molecule has 1 aromatic carbocycles. The molecule has 0 amide bonds. The van der Waals surface area contributed by atoms with Gasteiger partial charge in [-0.3, -0.25) is 0 Å². The van der Waals surface area contributed by atoms with E-state index in [2.05, 4.69) is 63.1 Å². The second kappa shape index (κ2) is 7.12. The number of hydrogen-bond acceptors (Lipinski definition) is 3. The molecule has 1 N–H and O–H groups in total. The van der Waals surface area contributed by atoms with Crippen molar-refractivity contribution in [2.24, 2.45) is 5.10 Å². The molecule has 0 radical (unpaired) electrons. The molecule has 0 atom stereocenters. The molecule has 0 saturated carbocycles. The molecule has 0 spiro atoms. The molecule has 1 rings (SSSR count). The van der Waals surface area contributed by atoms with Crippen molar-refractivity contribution < 1.29 is 4.74 Å². The zero-order valence-corrected chi connectivity index (χ0v) is 15.6. The summed E-state index contributed by atoms with van der Waals surface area (Å²) < 4.78 is 5.25. The van der Waals surface area contributed by atoms with E-state index in [4.69, 9.17) is 4.74 Å². The van der Waals surface area contributed by atoms with Gasteiger partial charge in [-0.1, -0.05) is 32.9 Å². The first-order valence-corrected chi connectivity index (χ1v) is 10.6. The van der Waals surface area contributed by atoms with Gasteiger partial charge >= 0.3 is 0 Å². The summed E-state index contributed by atoms with van der Waals surface area (Å²) >= 11 is 0. The highest BCUT2D eigenvalue weighted by atomic mass is 28.3. The van der Waals surface area contributed by atoms with Gasteiger partial charge in [0.05, 0.1) is 7.11 Å². The van der Waals surface area contributed by atoms with Gasteiger partial charge in [-0.2, -0.15) is 5.10 Å². The van der Waals surface area contributed by atoms with Gasteiger partial charge in [0, 0.05) is 5.71 Å². The van der Waals surface area contributed by atoms with Crippen LogP contribution in [0.5, 0.6) is 5.75 Å². The molecule has 0 unspecified atom stereocenters. The average molecular weight is 307 g/mol. The normalized spacial score (nSPS) is 13.2. The number of methoxy groups -OCH3 is 1. The molecule has 0 aromatic heterocycles. The summed E-state index contributed by atoms with van der Waals surface area (Å²) in [6.07, 6.45) is 1.96. The Kier molecular flexibility index (Phi) is 6.02. The van der Waals surface area contributed by atoms with Crippen molar-refractivity contribution in [2.75, 3.05) is 7.11 Å². The Balaban J connectivity index is 2.57. The van der Waals surface area contributed by atoms with E-state index in [1.807, 2.05) is 12.1 Å². The molecule has 0 aliphatic heterocycles. The van der Waals surface area contributed by atoms with Crippen LogP contribution in [0.4, 0.5) is 0 Å². The van der Waals surface area contributed by atoms with Crippen molar-refractivity contribution in [3.63, 3.8) is 0 Å². The first kappa shape index (κ1) is 17.8. The number of benzene rings is 1. The van der Waals surface area contributed by atoms with E-state index in [0.717, 1.165) is 24.3 Å². The molecular formula is C17H30N2OSi. The van der Waals surface area contributed by atoms with E-state index >= 15 is 0 Å². The Morgan fingerprint density at radius 3 is 2.52 bits per heavy atom. The lowest BCUT2D eigenvalue weighted by molar-refractivity contribution is 0.414. The smallest absolute Gasteiger partial charge is 0.173 e. The van der Waals surface area contributed by atoms with Crippen LogP contribution in [0.3, 0.4) is 0 Å². The maximum absolute atomic E-state index is 5.25. The van der Waals surface area contributed by atoms with E-state index in [1.165, 1.54) is 5.56 Å². The summed E-state index contributed by atoms with van der Waals surface area (Å²) in [7, 11) is 0.155. The third kappa shape index (κ3) is 5.54. The molecule has 0 fully saturated rings. The molecule has 0 aliphatic rings. The van der Waals surface area contributed by atoms with Crippen molar-refractivity contribution in [1.29, 1.82) is 0 Å². The van der Waals surface area contributed by atoms with Crippen molar-refractivity contribution in [1.82, 2.24) is 5.09 Å². The molecule has 4 heteroatoms. The number of nitrogens with one attached hydrogen (secondary N) is 1. The Labute approximate surface area is 130 Å². The van der Waals surface area contributed by atoms with E-state index in [-0.39, 0.29) is 0 Å². The Morgan fingerprint density at radius 1 is 1.29 bits per heavy atom. The minimum atomic E-state index is -1.55. The molecule has 1 aromatic rings. The fourth-order valence-corrected chi connectivity index (χ4v) is 2.42. The Hall–Kier alpha value is -1.29. The van der Waals surface area contributed by atoms with Crippen LogP contribution in [0.25, 0.3) is 0 Å². The molecule has 0 heterocycles. The lowest BCUT2D eigenvalue weighted by atomic mass is 10.1. The van der Waals surface area contributed by atoms with Crippen molar-refractivity contribution in [3.8, 4) is 5.75 Å². The number of nitrogens with zero attached hydrogens (tertiary/aromatic N) is 1. The summed E-state index contributed by atoms with van der Waals surface area (Å²) in [6.45, 7) is 13.6. The van der Waals surface area contributed by atoms with Crippen LogP contribution in [0.1, 0.15) is 39.7 Å². The second-order valence-electron chi connectivity index (χ2n) is 7.19. The van der Waals surface area contributed by atoms with Crippen molar-refractivity contribution >= 4 is 13.9 Å². The summed E-state index contributed by atoms with van der Waals surface area (Å²) in [5.74, 6) is 0.918. The highest BCUT2D eigenvalue weighted by molar-refractivity contribution is 6.77. The zero-order valence-electron chi connectivity index (χ0n) is 14.6. The Morgan fingerprint density at radius 2 is 1.95 bits per heavy atom. The van der Waals surface area contributed by atoms with E-state index in [1.54, 1.807) is 7.11 Å². The van der Waals surface area contributed by atoms with Crippen LogP contribution in [0.2, 0.25) is 18.1 Å². The fourth-order valence-electron chi connectivity index (χ4n) is 1.61. The lowest BCUT2D eigenvalue weighted by Crippen LogP contribution is -2.49. The summed E-state index contributed by atoms with van der Waals surface area (Å²) in [5, 5.41) is 8.37. The highest BCUT2D eigenvalue weighted by Gasteiger charge is 2.35. The van der Waals surface area contributed by atoms with Gasteiger partial charge in [-0.25, -0.2) is 0 Å². The summed E-state index contributed by atoms with van der Waals surface area (Å²) in [6, 6.07) is 8.24. The maximum Gasteiger partial charge on any atom is 0.173 e. The number of ether oxygens (including phenoxy) is 1. The monoisotopic (exact) mass is 306 g/mol. The van der Waals surface area contributed by atoms with Crippen LogP contribution in [0, 0.1) is 0 Å². The van der Waals surface area contributed by atoms with E-state index < -0.39 is 8.24 Å². The van der Waals surface area contributed by atoms with Crippen LogP contribution >= 0.6 is 0 Å². The molecule has 21 heavy (non-hydrogen) atoms. The third-order valence-electron chi connectivity index (χ3n) is 4.31. The van der Waals surface area contributed by atoms with Crippen molar-refractivity contribution in [3.05, 3.63) is 29.8 Å². The van der Waals surface area contributed by atoms with Gasteiger partial charge < -0.3 is 9.83 Å². The maximum atomic E-state index is 5.25. The van der Waals surface area contributed by atoms with Crippen molar-refractivity contribution in [2.45, 2.75) is 58.7 Å². The topological polar surface area (TPSA) is 33.6 Å². The molecule has 0 saturated heterocycles. The van der Waals surface area contributed by atoms with Crippen LogP contribution in [-0.2, 0) is 6.42 Å². The average Bonchev–Trinajstić information content (AvgIpc) is 2.42. The molecule has 118 valence electrons. The number of hydrogen-bond donors (Lipinski definition) is 1. The van der Waals surface area contributed by atoms with Gasteiger partial charge in [-0.15, -0.1) is 0 Å². The van der Waals surface area contributed by atoms with Crippen LogP contribution in [0.15, 0.2) is 29.4 Å². The SMILES string of the molecule is COc1cccc(CC/C(C)=N/N[Si](C)(C)C(C)(C)C)c1. The zero-order chi connectivity index (χ0) is 16.1. The Bertz CT molecular complexity index is 490.